The molecule has 0 spiro atoms. The van der Waals surface area contributed by atoms with Crippen molar-refractivity contribution in [2.24, 2.45) is 4.99 Å². The summed E-state index contributed by atoms with van der Waals surface area (Å²) in [5.74, 6) is 1.72. The summed E-state index contributed by atoms with van der Waals surface area (Å²) in [6, 6.07) is 8.15. The average Bonchev–Trinajstić information content (AvgIpc) is 2.67. The number of rotatable bonds is 9. The third-order valence-electron chi connectivity index (χ3n) is 4.22. The molecular weight excluding hydrogens is 445 g/mol. The number of nitrogens with one attached hydrogen (secondary N) is 2. The monoisotopic (exact) mass is 477 g/mol. The number of ether oxygens (including phenoxy) is 3. The quantitative estimate of drug-likeness (QED) is 0.248. The number of hydrogen-bond acceptors (Lipinski definition) is 4. The molecule has 7 heteroatoms. The molecule has 0 bridgehead atoms. The van der Waals surface area contributed by atoms with E-state index in [9.17, 15) is 0 Å². The van der Waals surface area contributed by atoms with Gasteiger partial charge in [0.1, 0.15) is 5.75 Å². The van der Waals surface area contributed by atoms with E-state index in [4.69, 9.17) is 14.2 Å². The van der Waals surface area contributed by atoms with Crippen molar-refractivity contribution in [1.29, 1.82) is 0 Å². The van der Waals surface area contributed by atoms with Gasteiger partial charge in [0, 0.05) is 40.0 Å². The Kier molecular flexibility index (Phi) is 12.4. The van der Waals surface area contributed by atoms with Gasteiger partial charge < -0.3 is 24.8 Å². The molecule has 0 amide bonds. The summed E-state index contributed by atoms with van der Waals surface area (Å²) >= 11 is 0. The number of hydrogen-bond donors (Lipinski definition) is 2. The van der Waals surface area contributed by atoms with Gasteiger partial charge in [-0.25, -0.2) is 0 Å². The number of guanidine groups is 1. The highest BCUT2D eigenvalue weighted by atomic mass is 127. The molecular formula is C19H32IN3O3. The lowest BCUT2D eigenvalue weighted by Gasteiger charge is -2.22. The summed E-state index contributed by atoms with van der Waals surface area (Å²) in [5.41, 5.74) is 1.27. The van der Waals surface area contributed by atoms with Crippen LogP contribution >= 0.6 is 24.0 Å². The maximum atomic E-state index is 5.87. The molecule has 148 valence electrons. The van der Waals surface area contributed by atoms with Gasteiger partial charge in [0.25, 0.3) is 0 Å². The van der Waals surface area contributed by atoms with Crippen molar-refractivity contribution >= 4 is 29.9 Å². The first kappa shape index (κ1) is 23.0. The number of methoxy groups -OCH3 is 1. The van der Waals surface area contributed by atoms with Crippen molar-refractivity contribution in [3.05, 3.63) is 29.8 Å². The van der Waals surface area contributed by atoms with Crippen LogP contribution in [0.3, 0.4) is 0 Å². The van der Waals surface area contributed by atoms with E-state index < -0.39 is 0 Å². The molecule has 2 rings (SSSR count). The van der Waals surface area contributed by atoms with Gasteiger partial charge in [-0.3, -0.25) is 4.99 Å². The van der Waals surface area contributed by atoms with Crippen LogP contribution in [0.2, 0.25) is 0 Å². The summed E-state index contributed by atoms with van der Waals surface area (Å²) in [4.78, 5) is 4.25. The van der Waals surface area contributed by atoms with E-state index in [-0.39, 0.29) is 24.0 Å². The zero-order valence-corrected chi connectivity index (χ0v) is 18.2. The summed E-state index contributed by atoms with van der Waals surface area (Å²) in [6.45, 7) is 4.12. The molecule has 1 heterocycles. The molecule has 0 unspecified atom stereocenters. The summed E-state index contributed by atoms with van der Waals surface area (Å²) in [6.07, 6.45) is 4.31. The fraction of sp³-hybridized carbons (Fsp3) is 0.632. The molecule has 1 aliphatic heterocycles. The Balaban J connectivity index is 0.00000338. The topological polar surface area (TPSA) is 64.1 Å². The van der Waals surface area contributed by atoms with Gasteiger partial charge in [-0.15, -0.1) is 24.0 Å². The summed E-state index contributed by atoms with van der Waals surface area (Å²) < 4.78 is 16.4. The van der Waals surface area contributed by atoms with E-state index in [2.05, 4.69) is 27.8 Å². The van der Waals surface area contributed by atoms with E-state index in [0.29, 0.717) is 6.10 Å². The predicted octanol–water partition coefficient (Wildman–Crippen LogP) is 2.61. The third-order valence-corrected chi connectivity index (χ3v) is 4.22. The van der Waals surface area contributed by atoms with Gasteiger partial charge in [0.05, 0.1) is 13.2 Å². The SMILES string of the molecule is CN=C(NCCCOC1CCOCC1)NCCc1ccc(OC)cc1.I. The van der Waals surface area contributed by atoms with E-state index >= 15 is 0 Å². The van der Waals surface area contributed by atoms with Gasteiger partial charge in [0.15, 0.2) is 5.96 Å². The van der Waals surface area contributed by atoms with Gasteiger partial charge in [0.2, 0.25) is 0 Å². The van der Waals surface area contributed by atoms with Crippen LogP contribution in [0, 0.1) is 0 Å². The van der Waals surface area contributed by atoms with Crippen LogP contribution in [0.5, 0.6) is 5.75 Å². The molecule has 2 N–H and O–H groups in total. The van der Waals surface area contributed by atoms with E-state index in [1.54, 1.807) is 14.2 Å². The first-order chi connectivity index (χ1) is 12.3. The third kappa shape index (κ3) is 9.05. The van der Waals surface area contributed by atoms with E-state index in [1.807, 2.05) is 12.1 Å². The van der Waals surface area contributed by atoms with Crippen LogP contribution in [0.1, 0.15) is 24.8 Å². The van der Waals surface area contributed by atoms with Crippen molar-refractivity contribution in [3.8, 4) is 5.75 Å². The minimum Gasteiger partial charge on any atom is -0.497 e. The zero-order valence-electron chi connectivity index (χ0n) is 15.8. The Morgan fingerprint density at radius 1 is 1.15 bits per heavy atom. The number of halogens is 1. The molecule has 6 nitrogen and oxygen atoms in total. The Labute approximate surface area is 174 Å². The average molecular weight is 477 g/mol. The standard InChI is InChI=1S/C19H31N3O3.HI/c1-20-19(21-11-3-13-25-18-9-14-24-15-10-18)22-12-8-16-4-6-17(23-2)7-5-16;/h4-7,18H,3,8-15H2,1-2H3,(H2,20,21,22);1H. The van der Waals surface area contributed by atoms with Crippen LogP contribution in [-0.4, -0.2) is 59.1 Å². The van der Waals surface area contributed by atoms with Crippen LogP contribution in [0.15, 0.2) is 29.3 Å². The second-order valence-corrected chi connectivity index (χ2v) is 6.06. The van der Waals surface area contributed by atoms with Crippen LogP contribution < -0.4 is 15.4 Å². The van der Waals surface area contributed by atoms with E-state index in [0.717, 1.165) is 70.3 Å². The van der Waals surface area contributed by atoms with Crippen LogP contribution in [-0.2, 0) is 15.9 Å². The summed E-state index contributed by atoms with van der Waals surface area (Å²) in [7, 11) is 3.47. The lowest BCUT2D eigenvalue weighted by atomic mass is 10.1. The first-order valence-corrected chi connectivity index (χ1v) is 9.08. The molecule has 0 aromatic heterocycles. The van der Waals surface area contributed by atoms with Gasteiger partial charge >= 0.3 is 0 Å². The van der Waals surface area contributed by atoms with E-state index in [1.165, 1.54) is 5.56 Å². The number of benzene rings is 1. The Hall–Kier alpha value is -1.06. The van der Waals surface area contributed by atoms with Gasteiger partial charge in [-0.05, 0) is 43.4 Å². The molecule has 1 saturated heterocycles. The maximum Gasteiger partial charge on any atom is 0.190 e. The van der Waals surface area contributed by atoms with Crippen molar-refractivity contribution in [3.63, 3.8) is 0 Å². The second-order valence-electron chi connectivity index (χ2n) is 6.06. The smallest absolute Gasteiger partial charge is 0.190 e. The molecule has 1 aromatic rings. The van der Waals surface area contributed by atoms with Gasteiger partial charge in [-0.2, -0.15) is 0 Å². The highest BCUT2D eigenvalue weighted by Gasteiger charge is 2.13. The molecule has 26 heavy (non-hydrogen) atoms. The molecule has 1 aliphatic rings. The number of aliphatic imine (C=N–C) groups is 1. The fourth-order valence-corrected chi connectivity index (χ4v) is 2.71. The van der Waals surface area contributed by atoms with Crippen molar-refractivity contribution in [2.45, 2.75) is 31.8 Å². The molecule has 0 radical (unpaired) electrons. The maximum absolute atomic E-state index is 5.87. The predicted molar refractivity (Wildman–Crippen MR) is 116 cm³/mol. The first-order valence-electron chi connectivity index (χ1n) is 9.08. The summed E-state index contributed by atoms with van der Waals surface area (Å²) in [5, 5.41) is 6.66. The normalized spacial score (nSPS) is 15.2. The largest absolute Gasteiger partial charge is 0.497 e. The minimum absolute atomic E-state index is 0. The van der Waals surface area contributed by atoms with Crippen LogP contribution in [0.25, 0.3) is 0 Å². The van der Waals surface area contributed by atoms with Crippen molar-refractivity contribution < 1.29 is 14.2 Å². The lowest BCUT2D eigenvalue weighted by molar-refractivity contribution is -0.0320. The highest BCUT2D eigenvalue weighted by molar-refractivity contribution is 14.0. The Morgan fingerprint density at radius 2 is 1.85 bits per heavy atom. The number of nitrogens with zero attached hydrogens (tertiary/aromatic N) is 1. The molecule has 0 aliphatic carbocycles. The Morgan fingerprint density at radius 3 is 2.50 bits per heavy atom. The molecule has 1 aromatic carbocycles. The van der Waals surface area contributed by atoms with Crippen LogP contribution in [0.4, 0.5) is 0 Å². The molecule has 0 saturated carbocycles. The molecule has 1 fully saturated rings. The lowest BCUT2D eigenvalue weighted by Crippen LogP contribution is -2.39. The second kappa shape index (κ2) is 14.1. The minimum atomic E-state index is 0. The Bertz CT molecular complexity index is 505. The highest BCUT2D eigenvalue weighted by Crippen LogP contribution is 2.11. The van der Waals surface area contributed by atoms with Crippen molar-refractivity contribution in [2.75, 3.05) is 47.1 Å². The van der Waals surface area contributed by atoms with Crippen molar-refractivity contribution in [1.82, 2.24) is 10.6 Å². The zero-order chi connectivity index (χ0) is 17.7. The fourth-order valence-electron chi connectivity index (χ4n) is 2.71. The van der Waals surface area contributed by atoms with Gasteiger partial charge in [-0.1, -0.05) is 12.1 Å². The molecule has 0 atom stereocenters.